The lowest BCUT2D eigenvalue weighted by Crippen LogP contribution is -2.13. The summed E-state index contributed by atoms with van der Waals surface area (Å²) in [6, 6.07) is 16.7. The fourth-order valence-corrected chi connectivity index (χ4v) is 5.44. The monoisotopic (exact) mass is 299 g/mol. The van der Waals surface area contributed by atoms with E-state index in [0.717, 1.165) is 5.69 Å². The van der Waals surface area contributed by atoms with Gasteiger partial charge < -0.3 is 0 Å². The average molecular weight is 300 g/mol. The number of hydrogen-bond donors (Lipinski definition) is 0. The summed E-state index contributed by atoms with van der Waals surface area (Å²) in [6.45, 7) is 9.20. The van der Waals surface area contributed by atoms with Gasteiger partial charge in [0.1, 0.15) is 7.22 Å². The van der Waals surface area contributed by atoms with E-state index in [-0.39, 0.29) is 0 Å². The van der Waals surface area contributed by atoms with Gasteiger partial charge in [0, 0.05) is 16.7 Å². The van der Waals surface area contributed by atoms with Crippen molar-refractivity contribution < 1.29 is 0 Å². The van der Waals surface area contributed by atoms with E-state index in [0.29, 0.717) is 0 Å². The molecule has 0 aliphatic rings. The van der Waals surface area contributed by atoms with Crippen LogP contribution in [0.1, 0.15) is 11.1 Å². The lowest BCUT2D eigenvalue weighted by molar-refractivity contribution is 1.39. The van der Waals surface area contributed by atoms with E-state index in [1.165, 1.54) is 16.0 Å². The second-order valence-corrected chi connectivity index (χ2v) is 15.0. The van der Waals surface area contributed by atoms with Crippen molar-refractivity contribution in [2.45, 2.75) is 31.5 Å². The molecule has 0 aromatic heterocycles. The molecule has 20 heavy (non-hydrogen) atoms. The Hall–Kier alpha value is -1.32. The summed E-state index contributed by atoms with van der Waals surface area (Å²) in [7, 11) is -1.19. The zero-order valence-corrected chi connectivity index (χ0v) is 14.4. The highest BCUT2D eigenvalue weighted by Gasteiger charge is 2.16. The lowest BCUT2D eigenvalue weighted by Gasteiger charge is -2.16. The van der Waals surface area contributed by atoms with Crippen LogP contribution in [0.4, 0.5) is 5.69 Å². The lowest BCUT2D eigenvalue weighted by atomic mass is 10.2. The smallest absolute Gasteiger partial charge is 0.114 e. The van der Waals surface area contributed by atoms with Crippen LogP contribution in [0.2, 0.25) is 19.6 Å². The molecular formula is C17H21NSSi. The van der Waals surface area contributed by atoms with Crippen molar-refractivity contribution in [2.75, 3.05) is 0 Å². The number of aliphatic imine (C=N–C) groups is 1. The van der Waals surface area contributed by atoms with Crippen LogP contribution in [0.5, 0.6) is 0 Å². The maximum Gasteiger partial charge on any atom is 0.114 e. The average Bonchev–Trinajstić information content (AvgIpc) is 2.37. The zero-order valence-electron chi connectivity index (χ0n) is 12.6. The van der Waals surface area contributed by atoms with Crippen LogP contribution in [0.3, 0.4) is 0 Å². The minimum atomic E-state index is -1.19. The Labute approximate surface area is 126 Å². The topological polar surface area (TPSA) is 12.4 Å². The van der Waals surface area contributed by atoms with E-state index in [2.05, 4.69) is 68.0 Å². The Bertz CT molecular complexity index is 614. The number of benzene rings is 2. The summed E-state index contributed by atoms with van der Waals surface area (Å²) < 4.78 is 0. The maximum atomic E-state index is 4.64. The molecular weight excluding hydrogens is 278 g/mol. The van der Waals surface area contributed by atoms with E-state index in [1.807, 2.05) is 29.6 Å². The Morgan fingerprint density at radius 2 is 1.60 bits per heavy atom. The summed E-state index contributed by atoms with van der Waals surface area (Å²) in [4.78, 5) is 5.98. The molecule has 0 radical (unpaired) electrons. The van der Waals surface area contributed by atoms with Crippen molar-refractivity contribution in [3.63, 3.8) is 0 Å². The third kappa shape index (κ3) is 4.36. The normalized spacial score (nSPS) is 12.0. The third-order valence-corrected chi connectivity index (χ3v) is 6.49. The van der Waals surface area contributed by atoms with Crippen LogP contribution in [-0.4, -0.2) is 13.4 Å². The van der Waals surface area contributed by atoms with Crippen molar-refractivity contribution in [2.24, 2.45) is 4.99 Å². The second-order valence-electron chi connectivity index (χ2n) is 5.80. The van der Waals surface area contributed by atoms with Gasteiger partial charge in [-0.3, -0.25) is 4.99 Å². The molecule has 104 valence electrons. The van der Waals surface area contributed by atoms with Crippen molar-refractivity contribution in [3.8, 4) is 0 Å². The van der Waals surface area contributed by atoms with Crippen LogP contribution in [0.15, 0.2) is 58.4 Å². The van der Waals surface area contributed by atoms with Crippen LogP contribution < -0.4 is 0 Å². The fourth-order valence-electron chi connectivity index (χ4n) is 1.86. The molecule has 0 aliphatic carbocycles. The van der Waals surface area contributed by atoms with Crippen LogP contribution in [-0.2, 0) is 0 Å². The summed E-state index contributed by atoms with van der Waals surface area (Å²) in [5.74, 6) is 0. The van der Waals surface area contributed by atoms with E-state index >= 15 is 0 Å². The van der Waals surface area contributed by atoms with Crippen molar-refractivity contribution >= 4 is 30.3 Å². The molecule has 0 aliphatic heterocycles. The molecule has 0 fully saturated rings. The zero-order chi connectivity index (χ0) is 14.6. The van der Waals surface area contributed by atoms with Gasteiger partial charge in [-0.2, -0.15) is 11.2 Å². The SMILES string of the molecule is Cc1ccccc1/N=C\c1ccccc1S[Si](C)(C)C. The van der Waals surface area contributed by atoms with E-state index < -0.39 is 7.22 Å². The number of rotatable bonds is 4. The Kier molecular flexibility index (Phi) is 4.84. The first-order valence-electron chi connectivity index (χ1n) is 6.83. The molecule has 0 unspecified atom stereocenters. The van der Waals surface area contributed by atoms with Gasteiger partial charge in [0.2, 0.25) is 0 Å². The largest absolute Gasteiger partial charge is 0.256 e. The van der Waals surface area contributed by atoms with Gasteiger partial charge >= 0.3 is 0 Å². The first-order valence-corrected chi connectivity index (χ1v) is 11.9. The third-order valence-electron chi connectivity index (χ3n) is 2.79. The fraction of sp³-hybridized carbons (Fsp3) is 0.235. The standard InChI is InChI=1S/C17H21NSSi/c1-14-9-5-7-11-16(14)18-13-15-10-6-8-12-17(15)19-20(2,3)4/h5-13H,1-4H3/b18-13-. The first kappa shape index (κ1) is 15.1. The van der Waals surface area contributed by atoms with Gasteiger partial charge in [0.25, 0.3) is 0 Å². The molecule has 2 aromatic rings. The highest BCUT2D eigenvalue weighted by atomic mass is 32.4. The highest BCUT2D eigenvalue weighted by molar-refractivity contribution is 8.28. The molecule has 0 N–H and O–H groups in total. The molecule has 0 saturated heterocycles. The molecule has 0 amide bonds. The highest BCUT2D eigenvalue weighted by Crippen LogP contribution is 2.31. The van der Waals surface area contributed by atoms with Gasteiger partial charge in [0.15, 0.2) is 0 Å². The molecule has 0 atom stereocenters. The number of para-hydroxylation sites is 1. The van der Waals surface area contributed by atoms with Gasteiger partial charge in [-0.05, 0) is 24.6 Å². The second kappa shape index (κ2) is 6.42. The van der Waals surface area contributed by atoms with Crippen molar-refractivity contribution in [1.82, 2.24) is 0 Å². The molecule has 0 spiro atoms. The van der Waals surface area contributed by atoms with Crippen LogP contribution >= 0.6 is 11.2 Å². The molecule has 2 rings (SSSR count). The number of aryl methyl sites for hydroxylation is 1. The van der Waals surface area contributed by atoms with E-state index in [1.54, 1.807) is 0 Å². The predicted molar refractivity (Wildman–Crippen MR) is 94.1 cm³/mol. The predicted octanol–water partition coefficient (Wildman–Crippen LogP) is 5.67. The van der Waals surface area contributed by atoms with Crippen molar-refractivity contribution in [3.05, 3.63) is 59.7 Å². The van der Waals surface area contributed by atoms with E-state index in [4.69, 9.17) is 0 Å². The Morgan fingerprint density at radius 3 is 2.30 bits per heavy atom. The van der Waals surface area contributed by atoms with Crippen LogP contribution in [0, 0.1) is 6.92 Å². The van der Waals surface area contributed by atoms with E-state index in [9.17, 15) is 0 Å². The Morgan fingerprint density at radius 1 is 0.950 bits per heavy atom. The maximum absolute atomic E-state index is 4.64. The minimum absolute atomic E-state index is 1.04. The summed E-state index contributed by atoms with van der Waals surface area (Å²) in [6.07, 6.45) is 1.99. The summed E-state index contributed by atoms with van der Waals surface area (Å²) >= 11 is 2.01. The van der Waals surface area contributed by atoms with Crippen LogP contribution in [0.25, 0.3) is 0 Å². The number of hydrogen-bond acceptors (Lipinski definition) is 2. The first-order chi connectivity index (χ1) is 9.46. The summed E-state index contributed by atoms with van der Waals surface area (Å²) in [5, 5.41) is 0. The summed E-state index contributed by atoms with van der Waals surface area (Å²) in [5.41, 5.74) is 3.46. The molecule has 3 heteroatoms. The Balaban J connectivity index is 2.28. The molecule has 0 heterocycles. The minimum Gasteiger partial charge on any atom is -0.256 e. The van der Waals surface area contributed by atoms with Gasteiger partial charge in [-0.25, -0.2) is 0 Å². The molecule has 0 saturated carbocycles. The molecule has 0 bridgehead atoms. The number of nitrogens with zero attached hydrogens (tertiary/aromatic N) is 1. The quantitative estimate of drug-likeness (QED) is 0.523. The van der Waals surface area contributed by atoms with Gasteiger partial charge in [-0.1, -0.05) is 56.0 Å². The van der Waals surface area contributed by atoms with Crippen molar-refractivity contribution in [1.29, 1.82) is 0 Å². The molecule has 2 aromatic carbocycles. The van der Waals surface area contributed by atoms with Gasteiger partial charge in [-0.15, -0.1) is 0 Å². The van der Waals surface area contributed by atoms with Gasteiger partial charge in [0.05, 0.1) is 5.69 Å². The molecule has 1 nitrogen and oxygen atoms in total.